The number of aryl methyl sites for hydroxylation is 2. The number of fused-ring (bicyclic) bond motifs is 2. The van der Waals surface area contributed by atoms with E-state index < -0.39 is 23.4 Å². The molecule has 0 saturated carbocycles. The molecule has 3 amide bonds. The maximum absolute atomic E-state index is 13.6. The van der Waals surface area contributed by atoms with Crippen LogP contribution in [-0.2, 0) is 19.9 Å². The number of rotatable bonds is 5. The van der Waals surface area contributed by atoms with Crippen molar-refractivity contribution in [2.24, 2.45) is 11.7 Å². The van der Waals surface area contributed by atoms with E-state index in [1.807, 2.05) is 26.0 Å². The molecule has 168 valence electrons. The van der Waals surface area contributed by atoms with E-state index in [2.05, 4.69) is 16.0 Å². The van der Waals surface area contributed by atoms with Crippen LogP contribution in [0.5, 0.6) is 5.75 Å². The summed E-state index contributed by atoms with van der Waals surface area (Å²) in [6, 6.07) is 8.34. The van der Waals surface area contributed by atoms with Crippen molar-refractivity contribution in [3.05, 3.63) is 52.0 Å². The first-order chi connectivity index (χ1) is 15.1. The molecule has 1 saturated heterocycles. The third kappa shape index (κ3) is 3.59. The molecule has 1 fully saturated rings. The molecule has 0 aliphatic carbocycles. The number of ether oxygens (including phenoxy) is 1. The van der Waals surface area contributed by atoms with E-state index in [1.165, 1.54) is 7.11 Å². The van der Waals surface area contributed by atoms with Crippen LogP contribution in [-0.4, -0.2) is 30.9 Å². The van der Waals surface area contributed by atoms with Crippen molar-refractivity contribution < 1.29 is 19.1 Å². The number of halogens is 1. The molecule has 3 atom stereocenters. The van der Waals surface area contributed by atoms with Crippen molar-refractivity contribution in [2.75, 3.05) is 17.7 Å². The topological polar surface area (TPSA) is 123 Å². The van der Waals surface area contributed by atoms with Crippen molar-refractivity contribution in [2.45, 2.75) is 38.3 Å². The number of hydrogen-bond donors (Lipinski definition) is 4. The first kappa shape index (κ1) is 22.1. The molecule has 2 aromatic rings. The Morgan fingerprint density at radius 1 is 1.28 bits per heavy atom. The van der Waals surface area contributed by atoms with E-state index in [1.54, 1.807) is 18.2 Å². The SMILES string of the molecule is COc1ccc(Cl)cc1NC(=O)C1CC(CC(N)=O)NC12C(=O)Nc1c(C)cc(C)cc12. The van der Waals surface area contributed by atoms with Crippen LogP contribution < -0.4 is 26.4 Å². The Hall–Kier alpha value is -3.10. The molecule has 32 heavy (non-hydrogen) atoms. The highest BCUT2D eigenvalue weighted by Gasteiger charge is 2.60. The zero-order valence-corrected chi connectivity index (χ0v) is 18.8. The van der Waals surface area contributed by atoms with Crippen LogP contribution in [0.1, 0.15) is 29.5 Å². The predicted octanol–water partition coefficient (Wildman–Crippen LogP) is 2.61. The van der Waals surface area contributed by atoms with Crippen molar-refractivity contribution >= 4 is 40.7 Å². The zero-order valence-electron chi connectivity index (χ0n) is 18.0. The van der Waals surface area contributed by atoms with Crippen molar-refractivity contribution in [3.8, 4) is 5.75 Å². The third-order valence-corrected chi connectivity index (χ3v) is 6.39. The summed E-state index contributed by atoms with van der Waals surface area (Å²) in [7, 11) is 1.49. The van der Waals surface area contributed by atoms with Gasteiger partial charge in [-0.15, -0.1) is 0 Å². The Morgan fingerprint density at radius 2 is 2.03 bits per heavy atom. The minimum absolute atomic E-state index is 0.0133. The number of hydrogen-bond acceptors (Lipinski definition) is 5. The predicted molar refractivity (Wildman–Crippen MR) is 122 cm³/mol. The lowest BCUT2D eigenvalue weighted by Crippen LogP contribution is -2.52. The molecule has 2 aliphatic heterocycles. The van der Waals surface area contributed by atoms with Gasteiger partial charge in [0.1, 0.15) is 11.3 Å². The largest absolute Gasteiger partial charge is 0.495 e. The smallest absolute Gasteiger partial charge is 0.250 e. The summed E-state index contributed by atoms with van der Waals surface area (Å²) in [5.74, 6) is -1.56. The summed E-state index contributed by atoms with van der Waals surface area (Å²) in [6.07, 6.45) is 0.275. The Kier molecular flexibility index (Phi) is 5.60. The zero-order chi connectivity index (χ0) is 23.2. The van der Waals surface area contributed by atoms with E-state index in [-0.39, 0.29) is 24.7 Å². The van der Waals surface area contributed by atoms with Gasteiger partial charge in [0.2, 0.25) is 17.7 Å². The fraction of sp³-hybridized carbons (Fsp3) is 0.348. The summed E-state index contributed by atoms with van der Waals surface area (Å²) in [5, 5.41) is 9.52. The standard InChI is InChI=1S/C23H25ClN4O4/c1-11-6-12(2)20-15(7-11)23(22(31)27-20)16(9-14(28-23)10-19(25)29)21(30)26-17-8-13(24)4-5-18(17)32-3/h4-8,14,16,28H,9-10H2,1-3H3,(H2,25,29)(H,26,30)(H,27,31). The first-order valence-corrected chi connectivity index (χ1v) is 10.7. The number of carbonyl (C=O) groups excluding carboxylic acids is 3. The van der Waals surface area contributed by atoms with Gasteiger partial charge in [-0.05, 0) is 44.0 Å². The molecule has 1 spiro atoms. The molecular weight excluding hydrogens is 432 g/mol. The average Bonchev–Trinajstić information content (AvgIpc) is 3.21. The van der Waals surface area contributed by atoms with Gasteiger partial charge in [0, 0.05) is 28.7 Å². The molecule has 0 radical (unpaired) electrons. The van der Waals surface area contributed by atoms with Crippen molar-refractivity contribution in [1.82, 2.24) is 5.32 Å². The van der Waals surface area contributed by atoms with Crippen molar-refractivity contribution in [3.63, 3.8) is 0 Å². The number of primary amides is 1. The highest BCUT2D eigenvalue weighted by atomic mass is 35.5. The van der Waals surface area contributed by atoms with Gasteiger partial charge < -0.3 is 21.1 Å². The van der Waals surface area contributed by atoms with Gasteiger partial charge in [-0.2, -0.15) is 0 Å². The van der Waals surface area contributed by atoms with E-state index in [0.717, 1.165) is 11.1 Å². The first-order valence-electron chi connectivity index (χ1n) is 10.3. The molecule has 2 aromatic carbocycles. The molecular formula is C23H25ClN4O4. The average molecular weight is 457 g/mol. The minimum atomic E-state index is -1.32. The lowest BCUT2D eigenvalue weighted by atomic mass is 9.78. The monoisotopic (exact) mass is 456 g/mol. The van der Waals surface area contributed by atoms with Gasteiger partial charge in [-0.1, -0.05) is 29.3 Å². The second kappa shape index (κ2) is 8.11. The summed E-state index contributed by atoms with van der Waals surface area (Å²) < 4.78 is 5.33. The summed E-state index contributed by atoms with van der Waals surface area (Å²) in [4.78, 5) is 38.6. The fourth-order valence-electron chi connectivity index (χ4n) is 4.89. The maximum Gasteiger partial charge on any atom is 0.250 e. The van der Waals surface area contributed by atoms with Crippen LogP contribution in [0.4, 0.5) is 11.4 Å². The normalized spacial score (nSPS) is 23.7. The molecule has 0 aromatic heterocycles. The van der Waals surface area contributed by atoms with E-state index in [4.69, 9.17) is 22.1 Å². The van der Waals surface area contributed by atoms with Gasteiger partial charge >= 0.3 is 0 Å². The van der Waals surface area contributed by atoms with E-state index >= 15 is 0 Å². The molecule has 2 aliphatic rings. The molecule has 8 nitrogen and oxygen atoms in total. The highest BCUT2D eigenvalue weighted by Crippen LogP contribution is 2.49. The van der Waals surface area contributed by atoms with E-state index in [9.17, 15) is 14.4 Å². The van der Waals surface area contributed by atoms with Crippen molar-refractivity contribution in [1.29, 1.82) is 0 Å². The van der Waals surface area contributed by atoms with Crippen LogP contribution in [0.15, 0.2) is 30.3 Å². The molecule has 3 unspecified atom stereocenters. The summed E-state index contributed by atoms with van der Waals surface area (Å²) >= 11 is 6.11. The number of nitrogens with one attached hydrogen (secondary N) is 3. The van der Waals surface area contributed by atoms with Gasteiger partial charge in [0.05, 0.1) is 18.7 Å². The number of amides is 3. The van der Waals surface area contributed by atoms with Crippen LogP contribution in [0, 0.1) is 19.8 Å². The summed E-state index contributed by atoms with van der Waals surface area (Å²) in [6.45, 7) is 3.85. The fourth-order valence-corrected chi connectivity index (χ4v) is 5.06. The van der Waals surface area contributed by atoms with E-state index in [0.29, 0.717) is 27.7 Å². The molecule has 5 N–H and O–H groups in total. The lowest BCUT2D eigenvalue weighted by molar-refractivity contribution is -0.130. The Morgan fingerprint density at radius 3 is 2.72 bits per heavy atom. The van der Waals surface area contributed by atoms with Crippen LogP contribution in [0.2, 0.25) is 5.02 Å². The number of anilines is 2. The quantitative estimate of drug-likeness (QED) is 0.550. The molecule has 4 rings (SSSR count). The molecule has 9 heteroatoms. The lowest BCUT2D eigenvalue weighted by Gasteiger charge is -2.29. The van der Waals surface area contributed by atoms with Crippen LogP contribution in [0.25, 0.3) is 0 Å². The number of benzene rings is 2. The Balaban J connectivity index is 1.78. The second-order valence-corrected chi connectivity index (χ2v) is 8.84. The third-order valence-electron chi connectivity index (χ3n) is 6.16. The van der Waals surface area contributed by atoms with Gasteiger partial charge in [-0.3, -0.25) is 19.7 Å². The summed E-state index contributed by atoms with van der Waals surface area (Å²) in [5.41, 5.74) is 7.76. The Bertz CT molecular complexity index is 1140. The van der Waals surface area contributed by atoms with Crippen LogP contribution in [0.3, 0.4) is 0 Å². The second-order valence-electron chi connectivity index (χ2n) is 8.40. The Labute approximate surface area is 190 Å². The highest BCUT2D eigenvalue weighted by molar-refractivity contribution is 6.31. The van der Waals surface area contributed by atoms with Gasteiger partial charge in [-0.25, -0.2) is 0 Å². The number of nitrogens with two attached hydrogens (primary N) is 1. The van der Waals surface area contributed by atoms with Crippen LogP contribution >= 0.6 is 11.6 Å². The number of methoxy groups -OCH3 is 1. The minimum Gasteiger partial charge on any atom is -0.495 e. The molecule has 2 heterocycles. The molecule has 0 bridgehead atoms. The van der Waals surface area contributed by atoms with Gasteiger partial charge in [0.25, 0.3) is 0 Å². The maximum atomic E-state index is 13.6. The van der Waals surface area contributed by atoms with Gasteiger partial charge in [0.15, 0.2) is 0 Å². The number of carbonyl (C=O) groups is 3.